The highest BCUT2D eigenvalue weighted by molar-refractivity contribution is 7.95. The Labute approximate surface area is 105 Å². The number of amides is 2. The van der Waals surface area contributed by atoms with Crippen molar-refractivity contribution in [2.75, 3.05) is 0 Å². The van der Waals surface area contributed by atoms with Crippen molar-refractivity contribution < 1.29 is 13.2 Å². The second kappa shape index (κ2) is 5.33. The van der Waals surface area contributed by atoms with Crippen LogP contribution in [0.15, 0.2) is 45.8 Å². The number of nitrogens with two attached hydrogens (primary N) is 1. The molecule has 1 rings (SSSR count). The number of primary amides is 1. The van der Waals surface area contributed by atoms with Gasteiger partial charge in [-0.3, -0.25) is 0 Å². The number of hydrogen-bond donors (Lipinski definition) is 2. The van der Waals surface area contributed by atoms with Crippen LogP contribution in [0.25, 0.3) is 0 Å². The van der Waals surface area contributed by atoms with Crippen LogP contribution in [0.1, 0.15) is 6.92 Å². The summed E-state index contributed by atoms with van der Waals surface area (Å²) in [5, 5.41) is 11.0. The molecule has 1 aromatic carbocycles. The summed E-state index contributed by atoms with van der Waals surface area (Å²) >= 11 is 0. The fraction of sp³-hybridized carbons (Fsp3) is 0.0909. The highest BCUT2D eigenvalue weighted by atomic mass is 32.2. The van der Waals surface area contributed by atoms with Crippen molar-refractivity contribution in [2.24, 2.45) is 5.73 Å². The highest BCUT2D eigenvalue weighted by Crippen LogP contribution is 2.20. The Morgan fingerprint density at radius 1 is 1.33 bits per heavy atom. The molecule has 0 spiro atoms. The molecular weight excluding hydrogens is 254 g/mol. The average molecular weight is 265 g/mol. The number of urea groups is 1. The van der Waals surface area contributed by atoms with Gasteiger partial charge in [-0.1, -0.05) is 18.2 Å². The molecule has 0 heterocycles. The van der Waals surface area contributed by atoms with Crippen LogP contribution in [-0.4, -0.2) is 14.4 Å². The maximum Gasteiger partial charge on any atom is 0.316 e. The Bertz CT molecular complexity index is 627. The van der Waals surface area contributed by atoms with E-state index in [9.17, 15) is 13.2 Å². The third-order valence-corrected chi connectivity index (χ3v) is 3.90. The number of hydrogen-bond acceptors (Lipinski definition) is 4. The SMILES string of the molecule is C/C(NC(N)=O)=C(/C#N)S(=O)(=O)c1ccccc1. The van der Waals surface area contributed by atoms with Gasteiger partial charge < -0.3 is 11.1 Å². The molecule has 0 aliphatic heterocycles. The smallest absolute Gasteiger partial charge is 0.316 e. The summed E-state index contributed by atoms with van der Waals surface area (Å²) < 4.78 is 24.2. The summed E-state index contributed by atoms with van der Waals surface area (Å²) in [5.41, 5.74) is 4.78. The lowest BCUT2D eigenvalue weighted by atomic mass is 10.4. The lowest BCUT2D eigenvalue weighted by Gasteiger charge is -2.07. The van der Waals surface area contributed by atoms with Crippen molar-refractivity contribution >= 4 is 15.9 Å². The van der Waals surface area contributed by atoms with Crippen LogP contribution < -0.4 is 11.1 Å². The second-order valence-corrected chi connectivity index (χ2v) is 5.26. The first-order chi connectivity index (χ1) is 8.39. The highest BCUT2D eigenvalue weighted by Gasteiger charge is 2.23. The molecule has 0 unspecified atom stereocenters. The maximum atomic E-state index is 12.1. The quantitative estimate of drug-likeness (QED) is 0.790. The van der Waals surface area contributed by atoms with Gasteiger partial charge in [0.25, 0.3) is 0 Å². The van der Waals surface area contributed by atoms with E-state index in [1.54, 1.807) is 24.3 Å². The van der Waals surface area contributed by atoms with E-state index in [1.165, 1.54) is 19.1 Å². The van der Waals surface area contributed by atoms with Gasteiger partial charge in [0.1, 0.15) is 6.07 Å². The van der Waals surface area contributed by atoms with Crippen molar-refractivity contribution in [1.82, 2.24) is 5.32 Å². The number of nitrogens with zero attached hydrogens (tertiary/aromatic N) is 1. The predicted octanol–water partition coefficient (Wildman–Crippen LogP) is 0.884. The molecule has 0 aromatic heterocycles. The fourth-order valence-electron chi connectivity index (χ4n) is 1.30. The molecular formula is C11H11N3O3S. The molecule has 7 heteroatoms. The van der Waals surface area contributed by atoms with Crippen LogP contribution in [0.3, 0.4) is 0 Å². The van der Waals surface area contributed by atoms with Gasteiger partial charge in [0.05, 0.1) is 4.90 Å². The average Bonchev–Trinajstić information content (AvgIpc) is 2.29. The first kappa shape index (κ1) is 13.7. The Hall–Kier alpha value is -2.33. The van der Waals surface area contributed by atoms with E-state index >= 15 is 0 Å². The molecule has 0 fully saturated rings. The van der Waals surface area contributed by atoms with Gasteiger partial charge >= 0.3 is 6.03 Å². The van der Waals surface area contributed by atoms with E-state index < -0.39 is 20.8 Å². The summed E-state index contributed by atoms with van der Waals surface area (Å²) in [7, 11) is -3.95. The van der Waals surface area contributed by atoms with Crippen LogP contribution in [0.2, 0.25) is 0 Å². The first-order valence-electron chi connectivity index (χ1n) is 4.87. The summed E-state index contributed by atoms with van der Waals surface area (Å²) in [6, 6.07) is 8.11. The monoisotopic (exact) mass is 265 g/mol. The predicted molar refractivity (Wildman–Crippen MR) is 64.7 cm³/mol. The molecule has 0 aliphatic rings. The van der Waals surface area contributed by atoms with E-state index in [2.05, 4.69) is 5.32 Å². The normalized spacial score (nSPS) is 12.2. The third-order valence-electron chi connectivity index (χ3n) is 2.08. The molecule has 0 radical (unpaired) electrons. The van der Waals surface area contributed by atoms with E-state index in [0.717, 1.165) is 0 Å². The number of sulfone groups is 1. The second-order valence-electron chi connectivity index (χ2n) is 3.37. The largest absolute Gasteiger partial charge is 0.351 e. The van der Waals surface area contributed by atoms with E-state index in [-0.39, 0.29) is 10.6 Å². The first-order valence-corrected chi connectivity index (χ1v) is 6.35. The van der Waals surface area contributed by atoms with Gasteiger partial charge in [0.2, 0.25) is 9.84 Å². The van der Waals surface area contributed by atoms with Gasteiger partial charge in [-0.15, -0.1) is 0 Å². The van der Waals surface area contributed by atoms with Crippen LogP contribution in [0, 0.1) is 11.3 Å². The molecule has 0 atom stereocenters. The molecule has 3 N–H and O–H groups in total. The molecule has 94 valence electrons. The lowest BCUT2D eigenvalue weighted by Crippen LogP contribution is -2.29. The van der Waals surface area contributed by atoms with Crippen molar-refractivity contribution in [3.63, 3.8) is 0 Å². The number of carbonyl (C=O) groups excluding carboxylic acids is 1. The molecule has 0 bridgehead atoms. The van der Waals surface area contributed by atoms with E-state index in [4.69, 9.17) is 11.0 Å². The van der Waals surface area contributed by atoms with Crippen molar-refractivity contribution in [3.8, 4) is 6.07 Å². The van der Waals surface area contributed by atoms with E-state index in [1.807, 2.05) is 0 Å². The Morgan fingerprint density at radius 2 is 1.89 bits per heavy atom. The molecule has 0 saturated heterocycles. The summed E-state index contributed by atoms with van der Waals surface area (Å²) in [6.45, 7) is 1.30. The zero-order chi connectivity index (χ0) is 13.8. The minimum absolute atomic E-state index is 0.0211. The van der Waals surface area contributed by atoms with Gasteiger partial charge in [0.15, 0.2) is 4.91 Å². The number of nitriles is 1. The Morgan fingerprint density at radius 3 is 2.33 bits per heavy atom. The molecule has 6 nitrogen and oxygen atoms in total. The van der Waals surface area contributed by atoms with Crippen molar-refractivity contribution in [2.45, 2.75) is 11.8 Å². The van der Waals surface area contributed by atoms with Crippen LogP contribution in [-0.2, 0) is 9.84 Å². The zero-order valence-corrected chi connectivity index (χ0v) is 10.4. The van der Waals surface area contributed by atoms with Crippen LogP contribution in [0.5, 0.6) is 0 Å². The van der Waals surface area contributed by atoms with Crippen LogP contribution in [0.4, 0.5) is 4.79 Å². The molecule has 18 heavy (non-hydrogen) atoms. The standard InChI is InChI=1S/C11H11N3O3S/c1-8(14-11(13)15)10(7-12)18(16,17)9-5-3-2-4-6-9/h2-6H,1H3,(H3,13,14,15)/b10-8+. The topological polar surface area (TPSA) is 113 Å². The lowest BCUT2D eigenvalue weighted by molar-refractivity contribution is 0.251. The van der Waals surface area contributed by atoms with Gasteiger partial charge in [-0.2, -0.15) is 5.26 Å². The minimum atomic E-state index is -3.95. The van der Waals surface area contributed by atoms with E-state index in [0.29, 0.717) is 0 Å². The van der Waals surface area contributed by atoms with Gasteiger partial charge in [-0.25, -0.2) is 13.2 Å². The summed E-state index contributed by atoms with van der Waals surface area (Å²) in [4.78, 5) is 10.1. The maximum absolute atomic E-state index is 12.1. The molecule has 0 saturated carbocycles. The number of allylic oxidation sites excluding steroid dienone is 2. The summed E-state index contributed by atoms with van der Waals surface area (Å²) in [6.07, 6.45) is 0. The Balaban J connectivity index is 3.35. The van der Waals surface area contributed by atoms with Crippen molar-refractivity contribution in [3.05, 3.63) is 40.9 Å². The van der Waals surface area contributed by atoms with Gasteiger partial charge in [0, 0.05) is 5.70 Å². The molecule has 2 amide bonds. The number of benzene rings is 1. The van der Waals surface area contributed by atoms with Crippen molar-refractivity contribution in [1.29, 1.82) is 5.26 Å². The molecule has 1 aromatic rings. The number of nitrogens with one attached hydrogen (secondary N) is 1. The summed E-state index contributed by atoms with van der Waals surface area (Å²) in [5.74, 6) is 0. The molecule has 0 aliphatic carbocycles. The minimum Gasteiger partial charge on any atom is -0.351 e. The number of carbonyl (C=O) groups is 1. The van der Waals surface area contributed by atoms with Crippen LogP contribution >= 0.6 is 0 Å². The Kier molecular flexibility index (Phi) is 4.07. The fourth-order valence-corrected chi connectivity index (χ4v) is 2.63. The zero-order valence-electron chi connectivity index (χ0n) is 9.54. The third kappa shape index (κ3) is 2.87. The van der Waals surface area contributed by atoms with Gasteiger partial charge in [-0.05, 0) is 19.1 Å². The number of rotatable bonds is 3.